The van der Waals surface area contributed by atoms with Crippen LogP contribution in [0.5, 0.6) is 11.5 Å². The maximum atomic E-state index is 13.0. The minimum Gasteiger partial charge on any atom is -0.454 e. The second-order valence-electron chi connectivity index (χ2n) is 8.56. The molecular formula is C24H28N4O5S. The lowest BCUT2D eigenvalue weighted by atomic mass is 10.2. The van der Waals surface area contributed by atoms with Crippen LogP contribution in [0.2, 0.25) is 0 Å². The van der Waals surface area contributed by atoms with E-state index < -0.39 is 10.0 Å². The van der Waals surface area contributed by atoms with Crippen molar-refractivity contribution in [2.75, 3.05) is 25.2 Å². The Bertz CT molecular complexity index is 1330. The number of benzene rings is 2. The van der Waals surface area contributed by atoms with E-state index in [1.807, 2.05) is 6.07 Å². The van der Waals surface area contributed by atoms with Crippen LogP contribution in [0, 0.1) is 0 Å². The average molecular weight is 485 g/mol. The number of rotatable bonds is 8. The number of amides is 1. The zero-order valence-corrected chi connectivity index (χ0v) is 19.9. The fourth-order valence-corrected chi connectivity index (χ4v) is 6.02. The van der Waals surface area contributed by atoms with Crippen LogP contribution in [0.15, 0.2) is 41.3 Å². The maximum Gasteiger partial charge on any atom is 0.243 e. The molecule has 0 saturated carbocycles. The van der Waals surface area contributed by atoms with Gasteiger partial charge in [-0.15, -0.1) is 0 Å². The molecular weight excluding hydrogens is 456 g/mol. The Hall–Kier alpha value is -3.11. The van der Waals surface area contributed by atoms with Crippen molar-refractivity contribution < 1.29 is 22.7 Å². The number of fused-ring (bicyclic) bond motifs is 2. The van der Waals surface area contributed by atoms with Gasteiger partial charge in [0.25, 0.3) is 0 Å². The first-order chi connectivity index (χ1) is 16.5. The van der Waals surface area contributed by atoms with E-state index in [0.29, 0.717) is 42.2 Å². The van der Waals surface area contributed by atoms with Crippen LogP contribution in [0.25, 0.3) is 11.0 Å². The lowest BCUT2D eigenvalue weighted by Crippen LogP contribution is -2.27. The fraction of sp³-hybridized carbons (Fsp3) is 0.417. The van der Waals surface area contributed by atoms with Crippen LogP contribution in [0.3, 0.4) is 0 Å². The van der Waals surface area contributed by atoms with Gasteiger partial charge < -0.3 is 19.4 Å². The summed E-state index contributed by atoms with van der Waals surface area (Å²) in [4.78, 5) is 17.6. The minimum atomic E-state index is -3.51. The molecule has 0 radical (unpaired) electrons. The fourth-order valence-electron chi connectivity index (χ4n) is 4.48. The SMILES string of the molecule is CCCn1c(CCC(=O)Nc2ccc3c(c2)OCO3)nc2cc(S(=O)(=O)N3CCCC3)ccc21. The van der Waals surface area contributed by atoms with E-state index in [4.69, 9.17) is 14.5 Å². The normalized spacial score (nSPS) is 15.8. The molecule has 0 spiro atoms. The Morgan fingerprint density at radius 1 is 1.09 bits per heavy atom. The molecule has 9 nitrogen and oxygen atoms in total. The number of hydrogen-bond donors (Lipinski definition) is 1. The zero-order valence-electron chi connectivity index (χ0n) is 19.1. The van der Waals surface area contributed by atoms with Crippen molar-refractivity contribution in [3.63, 3.8) is 0 Å². The molecule has 5 rings (SSSR count). The summed E-state index contributed by atoms with van der Waals surface area (Å²) in [6.45, 7) is 4.13. The number of carbonyl (C=O) groups excluding carboxylic acids is 1. The highest BCUT2D eigenvalue weighted by atomic mass is 32.2. The van der Waals surface area contributed by atoms with Gasteiger partial charge >= 0.3 is 0 Å². The lowest BCUT2D eigenvalue weighted by Gasteiger charge is -2.15. The molecule has 2 aliphatic rings. The van der Waals surface area contributed by atoms with E-state index in [1.165, 1.54) is 0 Å². The molecule has 0 aliphatic carbocycles. The lowest BCUT2D eigenvalue weighted by molar-refractivity contribution is -0.116. The maximum absolute atomic E-state index is 13.0. The highest BCUT2D eigenvalue weighted by Crippen LogP contribution is 2.34. The first kappa shape index (κ1) is 22.7. The number of nitrogens with one attached hydrogen (secondary N) is 1. The summed E-state index contributed by atoms with van der Waals surface area (Å²) in [6.07, 6.45) is 3.38. The standard InChI is InChI=1S/C24H28N4O5S/c1-2-11-28-20-7-6-18(34(30,31)27-12-3-4-13-27)15-19(20)26-23(28)9-10-24(29)25-17-5-8-21-22(14-17)33-16-32-21/h5-8,14-15H,2-4,9-13,16H2,1H3,(H,25,29). The van der Waals surface area contributed by atoms with Crippen molar-refractivity contribution in [2.45, 2.75) is 50.5 Å². The summed E-state index contributed by atoms with van der Waals surface area (Å²) in [5.74, 6) is 1.92. The van der Waals surface area contributed by atoms with E-state index in [2.05, 4.69) is 16.8 Å². The van der Waals surface area contributed by atoms with Crippen molar-refractivity contribution in [1.29, 1.82) is 0 Å². The third-order valence-corrected chi connectivity index (χ3v) is 8.08. The number of aromatic nitrogens is 2. The topological polar surface area (TPSA) is 103 Å². The number of hydrogen-bond acceptors (Lipinski definition) is 6. The van der Waals surface area contributed by atoms with E-state index >= 15 is 0 Å². The van der Waals surface area contributed by atoms with E-state index in [-0.39, 0.29) is 24.0 Å². The molecule has 10 heteroatoms. The van der Waals surface area contributed by atoms with Crippen molar-refractivity contribution in [1.82, 2.24) is 13.9 Å². The molecule has 1 fully saturated rings. The highest BCUT2D eigenvalue weighted by molar-refractivity contribution is 7.89. The van der Waals surface area contributed by atoms with Crippen LogP contribution >= 0.6 is 0 Å². The molecule has 2 aromatic carbocycles. The van der Waals surface area contributed by atoms with Crippen LogP contribution in [-0.4, -0.2) is 48.1 Å². The van der Waals surface area contributed by atoms with Gasteiger partial charge in [0.15, 0.2) is 11.5 Å². The van der Waals surface area contributed by atoms with Gasteiger partial charge in [0.2, 0.25) is 22.7 Å². The molecule has 2 aliphatic heterocycles. The van der Waals surface area contributed by atoms with Gasteiger partial charge in [0.1, 0.15) is 5.82 Å². The van der Waals surface area contributed by atoms with Crippen LogP contribution in [-0.2, 0) is 27.8 Å². The largest absolute Gasteiger partial charge is 0.454 e. The first-order valence-corrected chi connectivity index (χ1v) is 13.1. The molecule has 1 amide bonds. The van der Waals surface area contributed by atoms with Crippen molar-refractivity contribution in [3.05, 3.63) is 42.2 Å². The smallest absolute Gasteiger partial charge is 0.243 e. The molecule has 3 aromatic rings. The Balaban J connectivity index is 1.33. The molecule has 34 heavy (non-hydrogen) atoms. The average Bonchev–Trinajstić information content (AvgIpc) is 3.58. The van der Waals surface area contributed by atoms with E-state index in [0.717, 1.165) is 37.1 Å². The third-order valence-electron chi connectivity index (χ3n) is 6.18. The monoisotopic (exact) mass is 484 g/mol. The van der Waals surface area contributed by atoms with Gasteiger partial charge in [-0.2, -0.15) is 4.31 Å². The van der Waals surface area contributed by atoms with E-state index in [9.17, 15) is 13.2 Å². The van der Waals surface area contributed by atoms with Crippen molar-refractivity contribution in [2.24, 2.45) is 0 Å². The van der Waals surface area contributed by atoms with Gasteiger partial charge in [0, 0.05) is 44.2 Å². The summed E-state index contributed by atoms with van der Waals surface area (Å²) in [6, 6.07) is 10.4. The number of nitrogens with zero attached hydrogens (tertiary/aromatic N) is 3. The number of ether oxygens (including phenoxy) is 2. The number of aryl methyl sites for hydroxylation is 2. The molecule has 180 valence electrons. The second kappa shape index (κ2) is 9.27. The van der Waals surface area contributed by atoms with Gasteiger partial charge in [-0.3, -0.25) is 4.79 Å². The quantitative estimate of drug-likeness (QED) is 0.525. The summed E-state index contributed by atoms with van der Waals surface area (Å²) < 4.78 is 40.2. The van der Waals surface area contributed by atoms with Crippen molar-refractivity contribution in [3.8, 4) is 11.5 Å². The highest BCUT2D eigenvalue weighted by Gasteiger charge is 2.28. The Labute approximate surface area is 198 Å². The summed E-state index contributed by atoms with van der Waals surface area (Å²) >= 11 is 0. The van der Waals surface area contributed by atoms with E-state index in [1.54, 1.807) is 34.6 Å². The molecule has 1 saturated heterocycles. The molecule has 1 aromatic heterocycles. The number of sulfonamides is 1. The van der Waals surface area contributed by atoms with Crippen molar-refractivity contribution >= 4 is 32.7 Å². The van der Waals surface area contributed by atoms with Crippen LogP contribution in [0.1, 0.15) is 38.4 Å². The van der Waals surface area contributed by atoms with Crippen LogP contribution in [0.4, 0.5) is 5.69 Å². The molecule has 1 N–H and O–H groups in total. The van der Waals surface area contributed by atoms with Crippen LogP contribution < -0.4 is 14.8 Å². The summed E-state index contributed by atoms with van der Waals surface area (Å²) in [5.41, 5.74) is 2.17. The predicted octanol–water partition coefficient (Wildman–Crippen LogP) is 3.53. The number of anilines is 1. The molecule has 0 bridgehead atoms. The third kappa shape index (κ3) is 4.35. The summed E-state index contributed by atoms with van der Waals surface area (Å²) in [7, 11) is -3.51. The van der Waals surface area contributed by atoms with Gasteiger partial charge in [-0.25, -0.2) is 13.4 Å². The first-order valence-electron chi connectivity index (χ1n) is 11.6. The molecule has 0 atom stereocenters. The van der Waals surface area contributed by atoms with Gasteiger partial charge in [-0.1, -0.05) is 6.92 Å². The Kier molecular flexibility index (Phi) is 6.18. The Morgan fingerprint density at radius 2 is 1.88 bits per heavy atom. The molecule has 3 heterocycles. The van der Waals surface area contributed by atoms with Gasteiger partial charge in [0.05, 0.1) is 15.9 Å². The summed E-state index contributed by atoms with van der Waals surface area (Å²) in [5, 5.41) is 2.89. The Morgan fingerprint density at radius 3 is 2.68 bits per heavy atom. The van der Waals surface area contributed by atoms with Gasteiger partial charge in [-0.05, 0) is 49.6 Å². The zero-order chi connectivity index (χ0) is 23.7. The molecule has 0 unspecified atom stereocenters. The predicted molar refractivity (Wildman–Crippen MR) is 128 cm³/mol. The minimum absolute atomic E-state index is 0.133. The second-order valence-corrected chi connectivity index (χ2v) is 10.5. The number of imidazole rings is 1. The number of carbonyl (C=O) groups is 1.